The second-order valence-corrected chi connectivity index (χ2v) is 6.26. The average Bonchev–Trinajstić information content (AvgIpc) is 2.44. The number of hydrogen-bond donors (Lipinski definition) is 2. The molecular formula is C14H16BrFN2O2. The Hall–Kier alpha value is -0.980. The molecule has 4 atom stereocenters. The second kappa shape index (κ2) is 5.42. The van der Waals surface area contributed by atoms with E-state index >= 15 is 0 Å². The number of rotatable bonds is 2. The van der Waals surface area contributed by atoms with Crippen molar-refractivity contribution in [3.8, 4) is 0 Å². The first-order chi connectivity index (χ1) is 9.58. The standard InChI is InChI=1S/C14H16BrFN2O2/c15-7-3-4-8(10(16)6-7)14(19)18-12-11(17)9-2-1-5-20-13(9)12/h3-4,6,9,11-13H,1-2,5,17H2,(H,18,19). The normalized spacial score (nSPS) is 32.1. The molecule has 4 nitrogen and oxygen atoms in total. The van der Waals surface area contributed by atoms with E-state index < -0.39 is 11.7 Å². The van der Waals surface area contributed by atoms with Gasteiger partial charge in [-0.3, -0.25) is 4.79 Å². The van der Waals surface area contributed by atoms with Crippen molar-refractivity contribution in [2.24, 2.45) is 11.7 Å². The number of amides is 1. The van der Waals surface area contributed by atoms with Gasteiger partial charge in [0.1, 0.15) is 5.82 Å². The monoisotopic (exact) mass is 342 g/mol. The van der Waals surface area contributed by atoms with Crippen LogP contribution in [0.1, 0.15) is 23.2 Å². The maximum Gasteiger partial charge on any atom is 0.254 e. The number of hydrogen-bond acceptors (Lipinski definition) is 3. The number of fused-ring (bicyclic) bond motifs is 1. The summed E-state index contributed by atoms with van der Waals surface area (Å²) in [5.74, 6) is -0.683. The Morgan fingerprint density at radius 2 is 2.30 bits per heavy atom. The smallest absolute Gasteiger partial charge is 0.254 e. The number of ether oxygens (including phenoxy) is 1. The summed E-state index contributed by atoms with van der Waals surface area (Å²) in [6.45, 7) is 0.701. The lowest BCUT2D eigenvalue weighted by atomic mass is 9.68. The minimum Gasteiger partial charge on any atom is -0.376 e. The SMILES string of the molecule is NC1C2CCCOC2C1NC(=O)c1ccc(Br)cc1F. The van der Waals surface area contributed by atoms with E-state index in [2.05, 4.69) is 21.2 Å². The van der Waals surface area contributed by atoms with Crippen LogP contribution in [0.5, 0.6) is 0 Å². The highest BCUT2D eigenvalue weighted by atomic mass is 79.9. The van der Waals surface area contributed by atoms with Gasteiger partial charge in [-0.1, -0.05) is 15.9 Å². The summed E-state index contributed by atoms with van der Waals surface area (Å²) >= 11 is 3.16. The first-order valence-electron chi connectivity index (χ1n) is 6.71. The maximum absolute atomic E-state index is 13.8. The third kappa shape index (κ3) is 2.36. The van der Waals surface area contributed by atoms with Gasteiger partial charge in [-0.05, 0) is 31.0 Å². The molecular weight excluding hydrogens is 327 g/mol. The van der Waals surface area contributed by atoms with E-state index in [4.69, 9.17) is 10.5 Å². The van der Waals surface area contributed by atoms with Crippen LogP contribution in [0.25, 0.3) is 0 Å². The van der Waals surface area contributed by atoms with Crippen LogP contribution in [-0.2, 0) is 4.74 Å². The minimum atomic E-state index is -0.550. The predicted octanol–water partition coefficient (Wildman–Crippen LogP) is 1.82. The van der Waals surface area contributed by atoms with Crippen molar-refractivity contribution in [1.82, 2.24) is 5.32 Å². The topological polar surface area (TPSA) is 64.3 Å². The summed E-state index contributed by atoms with van der Waals surface area (Å²) in [6, 6.07) is 4.03. The van der Waals surface area contributed by atoms with Crippen LogP contribution >= 0.6 is 15.9 Å². The molecule has 2 fully saturated rings. The van der Waals surface area contributed by atoms with Gasteiger partial charge in [0.25, 0.3) is 5.91 Å². The van der Waals surface area contributed by atoms with Crippen LogP contribution in [0, 0.1) is 11.7 Å². The summed E-state index contributed by atoms with van der Waals surface area (Å²) in [5, 5.41) is 2.80. The Bertz CT molecular complexity index is 540. The maximum atomic E-state index is 13.8. The summed E-state index contributed by atoms with van der Waals surface area (Å²) in [7, 11) is 0. The van der Waals surface area contributed by atoms with Gasteiger partial charge in [0.2, 0.25) is 0 Å². The van der Waals surface area contributed by atoms with Crippen molar-refractivity contribution in [3.05, 3.63) is 34.1 Å². The Balaban J connectivity index is 1.70. The molecule has 3 rings (SSSR count). The molecule has 0 spiro atoms. The first-order valence-corrected chi connectivity index (χ1v) is 7.50. The van der Waals surface area contributed by atoms with Crippen LogP contribution in [-0.4, -0.2) is 30.7 Å². The van der Waals surface area contributed by atoms with Crippen molar-refractivity contribution < 1.29 is 13.9 Å². The van der Waals surface area contributed by atoms with Gasteiger partial charge in [0.15, 0.2) is 0 Å². The van der Waals surface area contributed by atoms with Crippen molar-refractivity contribution in [3.63, 3.8) is 0 Å². The quantitative estimate of drug-likeness (QED) is 0.861. The zero-order chi connectivity index (χ0) is 14.3. The molecule has 108 valence electrons. The lowest BCUT2D eigenvalue weighted by molar-refractivity contribution is -0.117. The molecule has 0 bridgehead atoms. The molecule has 3 N–H and O–H groups in total. The summed E-state index contributed by atoms with van der Waals surface area (Å²) in [5.41, 5.74) is 6.10. The highest BCUT2D eigenvalue weighted by Gasteiger charge is 2.51. The van der Waals surface area contributed by atoms with Crippen molar-refractivity contribution >= 4 is 21.8 Å². The predicted molar refractivity (Wildman–Crippen MR) is 75.8 cm³/mol. The largest absolute Gasteiger partial charge is 0.376 e. The molecule has 0 radical (unpaired) electrons. The number of nitrogens with one attached hydrogen (secondary N) is 1. The molecule has 0 aromatic heterocycles. The molecule has 4 unspecified atom stereocenters. The van der Waals surface area contributed by atoms with Gasteiger partial charge >= 0.3 is 0 Å². The molecule has 1 saturated heterocycles. The fourth-order valence-electron chi connectivity index (χ4n) is 3.03. The highest BCUT2D eigenvalue weighted by Crippen LogP contribution is 2.37. The molecule has 1 saturated carbocycles. The number of carbonyl (C=O) groups is 1. The number of carbonyl (C=O) groups excluding carboxylic acids is 1. The Kier molecular flexibility index (Phi) is 3.79. The van der Waals surface area contributed by atoms with Gasteiger partial charge in [0, 0.05) is 23.0 Å². The molecule has 1 amide bonds. The molecule has 1 aliphatic carbocycles. The van der Waals surface area contributed by atoms with Crippen LogP contribution in [0.15, 0.2) is 22.7 Å². The third-order valence-corrected chi connectivity index (χ3v) is 4.64. The van der Waals surface area contributed by atoms with Crippen molar-refractivity contribution in [1.29, 1.82) is 0 Å². The van der Waals surface area contributed by atoms with Gasteiger partial charge in [-0.2, -0.15) is 0 Å². The molecule has 2 aliphatic rings. The van der Waals surface area contributed by atoms with E-state index in [0.717, 1.165) is 12.8 Å². The number of halogens is 2. The molecule has 20 heavy (non-hydrogen) atoms. The van der Waals surface area contributed by atoms with Crippen molar-refractivity contribution in [2.45, 2.75) is 31.0 Å². The van der Waals surface area contributed by atoms with Gasteiger partial charge in [-0.25, -0.2) is 4.39 Å². The number of benzene rings is 1. The van der Waals surface area contributed by atoms with Crippen molar-refractivity contribution in [2.75, 3.05) is 6.61 Å². The fourth-order valence-corrected chi connectivity index (χ4v) is 3.36. The van der Waals surface area contributed by atoms with Gasteiger partial charge < -0.3 is 15.8 Å². The minimum absolute atomic E-state index is 0.0267. The summed E-state index contributed by atoms with van der Waals surface area (Å²) < 4.78 is 20.0. The van der Waals surface area contributed by atoms with Gasteiger partial charge in [-0.15, -0.1) is 0 Å². The first kappa shape index (κ1) is 14.0. The van der Waals surface area contributed by atoms with Crippen LogP contribution in [0.4, 0.5) is 4.39 Å². The molecule has 1 aliphatic heterocycles. The number of nitrogens with two attached hydrogens (primary N) is 1. The fraction of sp³-hybridized carbons (Fsp3) is 0.500. The van der Waals surface area contributed by atoms with E-state index in [1.54, 1.807) is 6.07 Å². The lowest BCUT2D eigenvalue weighted by Crippen LogP contribution is -2.72. The highest BCUT2D eigenvalue weighted by molar-refractivity contribution is 9.10. The van der Waals surface area contributed by atoms with Crippen LogP contribution in [0.3, 0.4) is 0 Å². The van der Waals surface area contributed by atoms with E-state index in [-0.39, 0.29) is 23.8 Å². The Morgan fingerprint density at radius 1 is 1.50 bits per heavy atom. The summed E-state index contributed by atoms with van der Waals surface area (Å²) in [4.78, 5) is 12.1. The van der Waals surface area contributed by atoms with E-state index in [9.17, 15) is 9.18 Å². The van der Waals surface area contributed by atoms with E-state index in [0.29, 0.717) is 17.0 Å². The average molecular weight is 343 g/mol. The zero-order valence-corrected chi connectivity index (χ0v) is 12.4. The third-order valence-electron chi connectivity index (χ3n) is 4.15. The molecule has 1 aromatic carbocycles. The second-order valence-electron chi connectivity index (χ2n) is 5.34. The summed E-state index contributed by atoms with van der Waals surface area (Å²) in [6.07, 6.45) is 2.02. The Morgan fingerprint density at radius 3 is 3.05 bits per heavy atom. The Labute approximate surface area is 125 Å². The van der Waals surface area contributed by atoms with Gasteiger partial charge in [0.05, 0.1) is 17.7 Å². The molecule has 1 aromatic rings. The molecule has 6 heteroatoms. The lowest BCUT2D eigenvalue weighted by Gasteiger charge is -2.52. The van der Waals surface area contributed by atoms with E-state index in [1.165, 1.54) is 12.1 Å². The zero-order valence-electron chi connectivity index (χ0n) is 10.8. The van der Waals surface area contributed by atoms with Crippen LogP contribution < -0.4 is 11.1 Å². The molecule has 1 heterocycles. The van der Waals surface area contributed by atoms with E-state index in [1.807, 2.05) is 0 Å². The van der Waals surface area contributed by atoms with Crippen LogP contribution in [0.2, 0.25) is 0 Å².